The van der Waals surface area contributed by atoms with Crippen molar-refractivity contribution in [3.63, 3.8) is 0 Å². The standard InChI is InChI=1S/C12H15NO3/c1-2-3-11-6-4-9-8-10(13(14)15)5-7-12(9)16-11/h5,7-8,11H,2-4,6H2,1H3. The smallest absolute Gasteiger partial charge is 0.269 e. The molecular weight excluding hydrogens is 206 g/mol. The molecule has 0 saturated heterocycles. The van der Waals surface area contributed by atoms with Crippen molar-refractivity contribution < 1.29 is 9.66 Å². The van der Waals surface area contributed by atoms with E-state index in [0.717, 1.165) is 37.0 Å². The molecule has 4 nitrogen and oxygen atoms in total. The summed E-state index contributed by atoms with van der Waals surface area (Å²) in [6, 6.07) is 4.85. The minimum Gasteiger partial charge on any atom is -0.490 e. The van der Waals surface area contributed by atoms with Gasteiger partial charge in [0.05, 0.1) is 11.0 Å². The van der Waals surface area contributed by atoms with Crippen molar-refractivity contribution in [3.8, 4) is 5.75 Å². The highest BCUT2D eigenvalue weighted by Gasteiger charge is 2.21. The summed E-state index contributed by atoms with van der Waals surface area (Å²) in [5, 5.41) is 10.6. The van der Waals surface area contributed by atoms with Crippen LogP contribution in [-0.4, -0.2) is 11.0 Å². The molecule has 1 aromatic rings. The van der Waals surface area contributed by atoms with Crippen molar-refractivity contribution in [1.29, 1.82) is 0 Å². The SMILES string of the molecule is CCCC1CCc2cc([N+](=O)[O-])ccc2O1. The quantitative estimate of drug-likeness (QED) is 0.582. The summed E-state index contributed by atoms with van der Waals surface area (Å²) in [5.41, 5.74) is 1.11. The lowest BCUT2D eigenvalue weighted by Gasteiger charge is -2.25. The van der Waals surface area contributed by atoms with Gasteiger partial charge in [0.2, 0.25) is 0 Å². The maximum absolute atomic E-state index is 10.6. The number of ether oxygens (including phenoxy) is 1. The monoisotopic (exact) mass is 221 g/mol. The van der Waals surface area contributed by atoms with Crippen LogP contribution < -0.4 is 4.74 Å². The molecule has 1 aromatic carbocycles. The van der Waals surface area contributed by atoms with Crippen LogP contribution in [0.4, 0.5) is 5.69 Å². The summed E-state index contributed by atoms with van der Waals surface area (Å²) >= 11 is 0. The number of nitro benzene ring substituents is 1. The molecule has 1 atom stereocenters. The number of benzene rings is 1. The first-order valence-electron chi connectivity index (χ1n) is 5.64. The Balaban J connectivity index is 2.19. The highest BCUT2D eigenvalue weighted by molar-refractivity contribution is 5.44. The Hall–Kier alpha value is -1.58. The van der Waals surface area contributed by atoms with Crippen molar-refractivity contribution in [1.82, 2.24) is 0 Å². The van der Waals surface area contributed by atoms with Crippen LogP contribution in [0.1, 0.15) is 31.7 Å². The Kier molecular flexibility index (Phi) is 3.08. The van der Waals surface area contributed by atoms with Gasteiger partial charge < -0.3 is 4.74 Å². The Morgan fingerprint density at radius 1 is 1.56 bits per heavy atom. The largest absolute Gasteiger partial charge is 0.490 e. The molecule has 0 spiro atoms. The number of hydrogen-bond acceptors (Lipinski definition) is 3. The zero-order valence-electron chi connectivity index (χ0n) is 9.31. The molecule has 0 fully saturated rings. The fourth-order valence-electron chi connectivity index (χ4n) is 2.07. The average molecular weight is 221 g/mol. The van der Waals surface area contributed by atoms with Crippen molar-refractivity contribution in [2.75, 3.05) is 0 Å². The predicted octanol–water partition coefficient (Wildman–Crippen LogP) is 3.09. The van der Waals surface area contributed by atoms with Crippen molar-refractivity contribution >= 4 is 5.69 Å². The van der Waals surface area contributed by atoms with E-state index in [4.69, 9.17) is 4.74 Å². The number of aryl methyl sites for hydroxylation is 1. The number of rotatable bonds is 3. The third-order valence-electron chi connectivity index (χ3n) is 2.89. The highest BCUT2D eigenvalue weighted by Crippen LogP contribution is 2.31. The van der Waals surface area contributed by atoms with E-state index in [1.165, 1.54) is 6.07 Å². The van der Waals surface area contributed by atoms with Crippen LogP contribution in [0.2, 0.25) is 0 Å². The zero-order chi connectivity index (χ0) is 11.5. The fraction of sp³-hybridized carbons (Fsp3) is 0.500. The lowest BCUT2D eigenvalue weighted by atomic mass is 9.99. The van der Waals surface area contributed by atoms with Crippen molar-refractivity contribution in [2.24, 2.45) is 0 Å². The second kappa shape index (κ2) is 4.51. The molecule has 16 heavy (non-hydrogen) atoms. The summed E-state index contributed by atoms with van der Waals surface area (Å²) in [6.45, 7) is 2.13. The average Bonchev–Trinajstić information content (AvgIpc) is 2.28. The van der Waals surface area contributed by atoms with Gasteiger partial charge in [-0.1, -0.05) is 13.3 Å². The van der Waals surface area contributed by atoms with E-state index in [9.17, 15) is 10.1 Å². The normalized spacial score (nSPS) is 18.7. The molecule has 0 N–H and O–H groups in total. The number of hydrogen-bond donors (Lipinski definition) is 0. The summed E-state index contributed by atoms with van der Waals surface area (Å²) < 4.78 is 5.78. The number of non-ortho nitro benzene ring substituents is 1. The Labute approximate surface area is 94.4 Å². The van der Waals surface area contributed by atoms with E-state index >= 15 is 0 Å². The molecule has 4 heteroatoms. The molecule has 2 rings (SSSR count). The van der Waals surface area contributed by atoms with Gasteiger partial charge in [0.25, 0.3) is 5.69 Å². The molecule has 0 amide bonds. The molecule has 0 radical (unpaired) electrons. The van der Waals surface area contributed by atoms with E-state index in [0.29, 0.717) is 0 Å². The van der Waals surface area contributed by atoms with Crippen molar-refractivity contribution in [2.45, 2.75) is 38.7 Å². The molecule has 0 aliphatic carbocycles. The molecule has 0 saturated carbocycles. The number of fused-ring (bicyclic) bond motifs is 1. The molecule has 1 aliphatic rings. The molecular formula is C12H15NO3. The van der Waals surface area contributed by atoms with Crippen LogP contribution in [0.5, 0.6) is 5.75 Å². The predicted molar refractivity (Wildman–Crippen MR) is 60.7 cm³/mol. The minimum atomic E-state index is -0.363. The van der Waals surface area contributed by atoms with Gasteiger partial charge in [-0.2, -0.15) is 0 Å². The van der Waals surface area contributed by atoms with E-state index in [1.807, 2.05) is 0 Å². The maximum atomic E-state index is 10.6. The van der Waals surface area contributed by atoms with Crippen LogP contribution in [0, 0.1) is 10.1 Å². The third-order valence-corrected chi connectivity index (χ3v) is 2.89. The molecule has 1 unspecified atom stereocenters. The van der Waals surface area contributed by atoms with E-state index < -0.39 is 0 Å². The van der Waals surface area contributed by atoms with E-state index in [2.05, 4.69) is 6.92 Å². The van der Waals surface area contributed by atoms with Gasteiger partial charge in [0.15, 0.2) is 0 Å². The van der Waals surface area contributed by atoms with Gasteiger partial charge >= 0.3 is 0 Å². The van der Waals surface area contributed by atoms with Crippen LogP contribution >= 0.6 is 0 Å². The lowest BCUT2D eigenvalue weighted by molar-refractivity contribution is -0.385. The van der Waals surface area contributed by atoms with Crippen LogP contribution in [0.25, 0.3) is 0 Å². The summed E-state index contributed by atoms with van der Waals surface area (Å²) in [5.74, 6) is 0.815. The van der Waals surface area contributed by atoms with Crippen LogP contribution in [0.15, 0.2) is 18.2 Å². The van der Waals surface area contributed by atoms with Gasteiger partial charge in [-0.15, -0.1) is 0 Å². The number of nitro groups is 1. The van der Waals surface area contributed by atoms with Gasteiger partial charge in [0, 0.05) is 17.7 Å². The maximum Gasteiger partial charge on any atom is 0.269 e. The first kappa shape index (κ1) is 10.9. The highest BCUT2D eigenvalue weighted by atomic mass is 16.6. The first-order chi connectivity index (χ1) is 7.70. The second-order valence-electron chi connectivity index (χ2n) is 4.12. The van der Waals surface area contributed by atoms with Gasteiger partial charge in [-0.25, -0.2) is 0 Å². The molecule has 0 bridgehead atoms. The Morgan fingerprint density at radius 3 is 3.06 bits per heavy atom. The molecule has 1 aliphatic heterocycles. The third kappa shape index (κ3) is 2.15. The lowest BCUT2D eigenvalue weighted by Crippen LogP contribution is -2.22. The van der Waals surface area contributed by atoms with Gasteiger partial charge in [-0.05, 0) is 25.3 Å². The fourth-order valence-corrected chi connectivity index (χ4v) is 2.07. The second-order valence-corrected chi connectivity index (χ2v) is 4.12. The first-order valence-corrected chi connectivity index (χ1v) is 5.64. The summed E-state index contributed by atoms with van der Waals surface area (Å²) in [7, 11) is 0. The van der Waals surface area contributed by atoms with E-state index in [1.54, 1.807) is 12.1 Å². The Morgan fingerprint density at radius 2 is 2.38 bits per heavy atom. The minimum absolute atomic E-state index is 0.149. The summed E-state index contributed by atoms with van der Waals surface area (Å²) in [4.78, 5) is 10.3. The Bertz CT molecular complexity index is 403. The molecule has 1 heterocycles. The molecule has 86 valence electrons. The van der Waals surface area contributed by atoms with Crippen molar-refractivity contribution in [3.05, 3.63) is 33.9 Å². The van der Waals surface area contributed by atoms with Crippen LogP contribution in [-0.2, 0) is 6.42 Å². The molecule has 0 aromatic heterocycles. The zero-order valence-corrected chi connectivity index (χ0v) is 9.31. The van der Waals surface area contributed by atoms with Crippen LogP contribution in [0.3, 0.4) is 0 Å². The number of nitrogens with zero attached hydrogens (tertiary/aromatic N) is 1. The summed E-state index contributed by atoms with van der Waals surface area (Å²) in [6.07, 6.45) is 4.27. The van der Waals surface area contributed by atoms with E-state index in [-0.39, 0.29) is 16.7 Å². The van der Waals surface area contributed by atoms with Gasteiger partial charge in [-0.3, -0.25) is 10.1 Å². The van der Waals surface area contributed by atoms with Gasteiger partial charge in [0.1, 0.15) is 5.75 Å². The topological polar surface area (TPSA) is 52.4 Å².